The van der Waals surface area contributed by atoms with E-state index in [0.29, 0.717) is 31.6 Å². The maximum atomic E-state index is 12.7. The van der Waals surface area contributed by atoms with Crippen LogP contribution in [-0.2, 0) is 9.59 Å². The number of nitrogens with zero attached hydrogens (tertiary/aromatic N) is 2. The third-order valence-corrected chi connectivity index (χ3v) is 5.52. The molecule has 6 nitrogen and oxygen atoms in total. The maximum absolute atomic E-state index is 12.7. The van der Waals surface area contributed by atoms with E-state index in [1.165, 1.54) is 16.0 Å². The second kappa shape index (κ2) is 8.35. The Balaban J connectivity index is 1.48. The Morgan fingerprint density at radius 3 is 2.00 bits per heavy atom. The van der Waals surface area contributed by atoms with E-state index in [-0.39, 0.29) is 17.9 Å². The predicted octanol–water partition coefficient (Wildman–Crippen LogP) is 0.769. The molecule has 1 saturated heterocycles. The SMILES string of the molecule is O=C1CCC(C(=O)N2CC[NH+](C(c3ccccc3)c3ccccc3)CC2)=NN1. The van der Waals surface area contributed by atoms with Crippen molar-refractivity contribution in [3.05, 3.63) is 71.8 Å². The summed E-state index contributed by atoms with van der Waals surface area (Å²) in [4.78, 5) is 27.3. The molecule has 4 rings (SSSR count). The molecule has 2 aromatic rings. The molecular weight excluding hydrogens is 352 g/mol. The fraction of sp³-hybridized carbons (Fsp3) is 0.318. The molecule has 0 aliphatic carbocycles. The monoisotopic (exact) mass is 377 g/mol. The molecule has 2 amide bonds. The van der Waals surface area contributed by atoms with Crippen molar-refractivity contribution in [1.29, 1.82) is 0 Å². The predicted molar refractivity (Wildman–Crippen MR) is 107 cm³/mol. The largest absolute Gasteiger partial charge is 0.326 e. The van der Waals surface area contributed by atoms with E-state index in [0.717, 1.165) is 13.1 Å². The van der Waals surface area contributed by atoms with Crippen LogP contribution in [0.2, 0.25) is 0 Å². The Kier molecular flexibility index (Phi) is 5.48. The molecule has 28 heavy (non-hydrogen) atoms. The van der Waals surface area contributed by atoms with Gasteiger partial charge in [0.05, 0.1) is 26.2 Å². The van der Waals surface area contributed by atoms with Gasteiger partial charge in [0.15, 0.2) is 0 Å². The average Bonchev–Trinajstić information content (AvgIpc) is 2.76. The van der Waals surface area contributed by atoms with E-state index in [4.69, 9.17) is 0 Å². The number of amides is 2. The van der Waals surface area contributed by atoms with Crippen molar-refractivity contribution in [1.82, 2.24) is 10.3 Å². The van der Waals surface area contributed by atoms with Crippen molar-refractivity contribution in [2.75, 3.05) is 26.2 Å². The van der Waals surface area contributed by atoms with Gasteiger partial charge in [-0.2, -0.15) is 5.10 Å². The highest BCUT2D eigenvalue weighted by atomic mass is 16.2. The summed E-state index contributed by atoms with van der Waals surface area (Å²) >= 11 is 0. The van der Waals surface area contributed by atoms with Gasteiger partial charge in [-0.3, -0.25) is 9.59 Å². The molecule has 0 aromatic heterocycles. The molecule has 1 fully saturated rings. The minimum Gasteiger partial charge on any atom is -0.326 e. The van der Waals surface area contributed by atoms with Crippen molar-refractivity contribution in [2.24, 2.45) is 5.10 Å². The van der Waals surface area contributed by atoms with E-state index in [2.05, 4.69) is 59.1 Å². The Morgan fingerprint density at radius 1 is 0.929 bits per heavy atom. The summed E-state index contributed by atoms with van der Waals surface area (Å²) in [7, 11) is 0. The van der Waals surface area contributed by atoms with E-state index in [9.17, 15) is 9.59 Å². The third-order valence-electron chi connectivity index (χ3n) is 5.52. The number of carbonyl (C=O) groups excluding carboxylic acids is 2. The van der Waals surface area contributed by atoms with Crippen LogP contribution in [0.15, 0.2) is 65.8 Å². The number of hydrazone groups is 1. The number of rotatable bonds is 4. The van der Waals surface area contributed by atoms with Crippen LogP contribution >= 0.6 is 0 Å². The number of hydrogen-bond donors (Lipinski definition) is 2. The smallest absolute Gasteiger partial charge is 0.270 e. The van der Waals surface area contributed by atoms with E-state index < -0.39 is 0 Å². The van der Waals surface area contributed by atoms with Gasteiger partial charge >= 0.3 is 0 Å². The lowest BCUT2D eigenvalue weighted by Gasteiger charge is -2.37. The van der Waals surface area contributed by atoms with Gasteiger partial charge in [-0.15, -0.1) is 0 Å². The molecule has 6 heteroatoms. The highest BCUT2D eigenvalue weighted by Gasteiger charge is 2.33. The van der Waals surface area contributed by atoms with Crippen LogP contribution in [0, 0.1) is 0 Å². The highest BCUT2D eigenvalue weighted by molar-refractivity contribution is 6.39. The number of piperazine rings is 1. The van der Waals surface area contributed by atoms with E-state index in [1.54, 1.807) is 0 Å². The van der Waals surface area contributed by atoms with Gasteiger partial charge in [-0.25, -0.2) is 5.43 Å². The molecule has 2 heterocycles. The van der Waals surface area contributed by atoms with Crippen LogP contribution in [0.3, 0.4) is 0 Å². The van der Waals surface area contributed by atoms with Crippen molar-refractivity contribution in [2.45, 2.75) is 18.9 Å². The molecule has 0 atom stereocenters. The van der Waals surface area contributed by atoms with Crippen LogP contribution in [-0.4, -0.2) is 48.6 Å². The van der Waals surface area contributed by atoms with Gasteiger partial charge in [0.2, 0.25) is 5.91 Å². The number of hydrogen-bond acceptors (Lipinski definition) is 3. The second-order valence-electron chi connectivity index (χ2n) is 7.30. The standard InChI is InChI=1S/C22H24N4O2/c27-20-12-11-19(23-24-20)22(28)26-15-13-25(14-16-26)21(17-7-3-1-4-8-17)18-9-5-2-6-10-18/h1-10,21H,11-16H2,(H,24,27)/p+1. The Hall–Kier alpha value is -2.99. The average molecular weight is 377 g/mol. The van der Waals surface area contributed by atoms with Crippen LogP contribution in [0.25, 0.3) is 0 Å². The summed E-state index contributed by atoms with van der Waals surface area (Å²) in [5.74, 6) is -0.172. The summed E-state index contributed by atoms with van der Waals surface area (Å²) in [5.41, 5.74) is 5.47. The fourth-order valence-electron chi connectivity index (χ4n) is 4.05. The van der Waals surface area contributed by atoms with Gasteiger partial charge in [0.1, 0.15) is 11.8 Å². The first-order chi connectivity index (χ1) is 13.7. The zero-order valence-electron chi connectivity index (χ0n) is 15.8. The molecule has 0 spiro atoms. The van der Waals surface area contributed by atoms with Gasteiger partial charge in [-0.05, 0) is 0 Å². The highest BCUT2D eigenvalue weighted by Crippen LogP contribution is 2.19. The quantitative estimate of drug-likeness (QED) is 0.827. The number of quaternary nitrogens is 1. The first kappa shape index (κ1) is 18.4. The normalized spacial score (nSPS) is 18.0. The first-order valence-corrected chi connectivity index (χ1v) is 9.81. The number of nitrogens with one attached hydrogen (secondary N) is 2. The molecule has 144 valence electrons. The Morgan fingerprint density at radius 2 is 1.50 bits per heavy atom. The van der Waals surface area contributed by atoms with Crippen LogP contribution in [0.5, 0.6) is 0 Å². The third kappa shape index (κ3) is 3.97. The summed E-state index contributed by atoms with van der Waals surface area (Å²) < 4.78 is 0. The minimum atomic E-state index is -0.126. The molecule has 2 aliphatic rings. The van der Waals surface area contributed by atoms with E-state index in [1.807, 2.05) is 17.0 Å². The second-order valence-corrected chi connectivity index (χ2v) is 7.30. The molecule has 2 aromatic carbocycles. The molecule has 0 bridgehead atoms. The molecule has 2 aliphatic heterocycles. The van der Waals surface area contributed by atoms with Crippen LogP contribution in [0.4, 0.5) is 0 Å². The van der Waals surface area contributed by atoms with Gasteiger partial charge in [0.25, 0.3) is 5.91 Å². The zero-order valence-corrected chi connectivity index (χ0v) is 15.8. The van der Waals surface area contributed by atoms with Gasteiger partial charge in [-0.1, -0.05) is 60.7 Å². The summed E-state index contributed by atoms with van der Waals surface area (Å²) in [5, 5.41) is 3.95. The van der Waals surface area contributed by atoms with Crippen molar-refractivity contribution in [3.8, 4) is 0 Å². The lowest BCUT2D eigenvalue weighted by molar-refractivity contribution is -0.929. The molecule has 0 unspecified atom stereocenters. The summed E-state index contributed by atoms with van der Waals surface area (Å²) in [6.07, 6.45) is 0.758. The van der Waals surface area contributed by atoms with Crippen molar-refractivity contribution >= 4 is 17.5 Å². The lowest BCUT2D eigenvalue weighted by atomic mass is 9.96. The Labute approximate surface area is 164 Å². The van der Waals surface area contributed by atoms with E-state index >= 15 is 0 Å². The van der Waals surface area contributed by atoms with Gasteiger partial charge in [0, 0.05) is 24.0 Å². The zero-order chi connectivity index (χ0) is 19.3. The molecule has 2 N–H and O–H groups in total. The van der Waals surface area contributed by atoms with Crippen molar-refractivity contribution in [3.63, 3.8) is 0 Å². The lowest BCUT2D eigenvalue weighted by Crippen LogP contribution is -3.15. The summed E-state index contributed by atoms with van der Waals surface area (Å²) in [6, 6.07) is 21.4. The maximum Gasteiger partial charge on any atom is 0.270 e. The van der Waals surface area contributed by atoms with Crippen LogP contribution in [0.1, 0.15) is 30.0 Å². The van der Waals surface area contributed by atoms with Gasteiger partial charge < -0.3 is 9.80 Å². The van der Waals surface area contributed by atoms with Crippen LogP contribution < -0.4 is 10.3 Å². The molecule has 0 saturated carbocycles. The minimum absolute atomic E-state index is 0.0463. The topological polar surface area (TPSA) is 66.2 Å². The molecule has 0 radical (unpaired) electrons. The fourth-order valence-corrected chi connectivity index (χ4v) is 4.05. The summed E-state index contributed by atoms with van der Waals surface area (Å²) in [6.45, 7) is 3.13. The number of carbonyl (C=O) groups is 2. The molecular formula is C22H25N4O2+. The number of benzene rings is 2. The first-order valence-electron chi connectivity index (χ1n) is 9.81. The van der Waals surface area contributed by atoms with Crippen molar-refractivity contribution < 1.29 is 14.5 Å². The Bertz CT molecular complexity index is 819.